The van der Waals surface area contributed by atoms with E-state index in [1.807, 2.05) is 66.7 Å². The van der Waals surface area contributed by atoms with Crippen LogP contribution in [0.4, 0.5) is 11.4 Å². The van der Waals surface area contributed by atoms with Crippen molar-refractivity contribution in [2.75, 3.05) is 36.5 Å². The molecule has 0 radical (unpaired) electrons. The fourth-order valence-corrected chi connectivity index (χ4v) is 4.17. The summed E-state index contributed by atoms with van der Waals surface area (Å²) in [4.78, 5) is 28.0. The summed E-state index contributed by atoms with van der Waals surface area (Å²) in [5.74, 6) is -0.158. The summed E-state index contributed by atoms with van der Waals surface area (Å²) in [6.07, 6.45) is 0. The lowest BCUT2D eigenvalue weighted by Crippen LogP contribution is -2.36. The van der Waals surface area contributed by atoms with Crippen molar-refractivity contribution in [3.05, 3.63) is 72.3 Å². The maximum absolute atomic E-state index is 12.9. The third kappa shape index (κ3) is 3.33. The first-order valence-corrected chi connectivity index (χ1v) is 10.7. The Morgan fingerprint density at radius 3 is 2.47 bits per heavy atom. The van der Waals surface area contributed by atoms with Crippen molar-refractivity contribution in [2.24, 2.45) is 0 Å². The lowest BCUT2D eigenvalue weighted by molar-refractivity contribution is 0.102. The number of nitrogens with one attached hydrogen (secondary N) is 2. The van der Waals surface area contributed by atoms with Crippen LogP contribution in [0.1, 0.15) is 10.4 Å². The summed E-state index contributed by atoms with van der Waals surface area (Å²) in [6, 6.07) is 21.3. The molecule has 1 aliphatic heterocycles. The number of aromatic nitrogens is 3. The molecule has 2 N–H and O–H groups in total. The summed E-state index contributed by atoms with van der Waals surface area (Å²) in [5.41, 5.74) is 6.53. The van der Waals surface area contributed by atoms with Crippen LogP contribution in [0.15, 0.2) is 66.7 Å². The van der Waals surface area contributed by atoms with Crippen LogP contribution in [-0.2, 0) is 4.74 Å². The van der Waals surface area contributed by atoms with Crippen molar-refractivity contribution >= 4 is 50.4 Å². The SMILES string of the molecule is O=C(Nc1ccc(N2CCOCC2)cc1)c1ccc2[nH]c3nc4ccccc4nc3c2c1. The number of benzene rings is 3. The number of hydrogen-bond acceptors (Lipinski definition) is 5. The minimum atomic E-state index is -0.158. The number of fused-ring (bicyclic) bond motifs is 4. The molecule has 1 aliphatic rings. The normalized spacial score (nSPS) is 14.3. The van der Waals surface area contributed by atoms with Crippen molar-refractivity contribution < 1.29 is 9.53 Å². The summed E-state index contributed by atoms with van der Waals surface area (Å²) in [6.45, 7) is 3.26. The molecule has 0 spiro atoms. The van der Waals surface area contributed by atoms with E-state index in [2.05, 4.69) is 20.2 Å². The van der Waals surface area contributed by atoms with Crippen LogP contribution in [0.25, 0.3) is 33.1 Å². The number of hydrogen-bond donors (Lipinski definition) is 2. The quantitative estimate of drug-likeness (QED) is 0.451. The number of ether oxygens (including phenoxy) is 1. The van der Waals surface area contributed by atoms with Gasteiger partial charge < -0.3 is 19.9 Å². The number of amides is 1. The van der Waals surface area contributed by atoms with Crippen LogP contribution in [0.3, 0.4) is 0 Å². The number of H-pyrrole nitrogens is 1. The van der Waals surface area contributed by atoms with Gasteiger partial charge >= 0.3 is 0 Å². The zero-order chi connectivity index (χ0) is 21.5. The van der Waals surface area contributed by atoms with Gasteiger partial charge in [-0.1, -0.05) is 12.1 Å². The van der Waals surface area contributed by atoms with E-state index < -0.39 is 0 Å². The average molecular weight is 423 g/mol. The highest BCUT2D eigenvalue weighted by atomic mass is 16.5. The standard InChI is InChI=1S/C25H21N5O2/c31-25(26-17-6-8-18(9-7-17)30-11-13-32-14-12-30)16-5-10-20-19(15-16)23-24(28-20)29-22-4-2-1-3-21(22)27-23/h1-10,15H,11-14H2,(H,26,31)(H,28,29). The Bertz CT molecular complexity index is 1450. The fourth-order valence-electron chi connectivity index (χ4n) is 4.17. The van der Waals surface area contributed by atoms with E-state index in [0.29, 0.717) is 5.56 Å². The van der Waals surface area contributed by atoms with Crippen LogP contribution in [0, 0.1) is 0 Å². The van der Waals surface area contributed by atoms with Gasteiger partial charge in [0.25, 0.3) is 5.91 Å². The molecule has 0 bridgehead atoms. The Kier molecular flexibility index (Phi) is 4.47. The molecular formula is C25H21N5O2. The topological polar surface area (TPSA) is 83.1 Å². The van der Waals surface area contributed by atoms with Gasteiger partial charge in [-0.15, -0.1) is 0 Å². The first-order chi connectivity index (χ1) is 15.7. The Labute approximate surface area is 184 Å². The van der Waals surface area contributed by atoms with E-state index in [9.17, 15) is 4.79 Å². The highest BCUT2D eigenvalue weighted by Gasteiger charge is 2.14. The maximum atomic E-state index is 12.9. The zero-order valence-corrected chi connectivity index (χ0v) is 17.3. The van der Waals surface area contributed by atoms with E-state index in [0.717, 1.165) is 70.8 Å². The zero-order valence-electron chi connectivity index (χ0n) is 17.3. The van der Waals surface area contributed by atoms with E-state index in [1.54, 1.807) is 0 Å². The number of carbonyl (C=O) groups is 1. The molecule has 0 unspecified atom stereocenters. The lowest BCUT2D eigenvalue weighted by atomic mass is 10.1. The summed E-state index contributed by atoms with van der Waals surface area (Å²) >= 11 is 0. The second-order valence-corrected chi connectivity index (χ2v) is 7.90. The molecule has 1 fully saturated rings. The summed E-state index contributed by atoms with van der Waals surface area (Å²) < 4.78 is 5.41. The Morgan fingerprint density at radius 1 is 0.938 bits per heavy atom. The Morgan fingerprint density at radius 2 is 1.69 bits per heavy atom. The van der Waals surface area contributed by atoms with Gasteiger partial charge in [-0.3, -0.25) is 4.79 Å². The van der Waals surface area contributed by atoms with Crippen LogP contribution in [0.2, 0.25) is 0 Å². The predicted molar refractivity (Wildman–Crippen MR) is 126 cm³/mol. The van der Waals surface area contributed by atoms with Crippen LogP contribution in [0.5, 0.6) is 0 Å². The largest absolute Gasteiger partial charge is 0.378 e. The van der Waals surface area contributed by atoms with Gasteiger partial charge in [-0.2, -0.15) is 0 Å². The fraction of sp³-hybridized carbons (Fsp3) is 0.160. The van der Waals surface area contributed by atoms with Gasteiger partial charge in [-0.25, -0.2) is 9.97 Å². The molecule has 6 rings (SSSR count). The highest BCUT2D eigenvalue weighted by molar-refractivity contribution is 6.11. The molecule has 0 aliphatic carbocycles. The molecule has 5 aromatic rings. The first kappa shape index (κ1) is 18.8. The summed E-state index contributed by atoms with van der Waals surface area (Å²) in [5, 5.41) is 3.88. The van der Waals surface area contributed by atoms with E-state index >= 15 is 0 Å². The molecule has 7 nitrogen and oxygen atoms in total. The van der Waals surface area contributed by atoms with Crippen molar-refractivity contribution in [3.8, 4) is 0 Å². The van der Waals surface area contributed by atoms with Crippen LogP contribution >= 0.6 is 0 Å². The third-order valence-corrected chi connectivity index (χ3v) is 5.86. The van der Waals surface area contributed by atoms with E-state index in [-0.39, 0.29) is 5.91 Å². The van der Waals surface area contributed by atoms with Gasteiger partial charge in [0.2, 0.25) is 0 Å². The van der Waals surface area contributed by atoms with Gasteiger partial charge in [0.15, 0.2) is 5.65 Å². The molecule has 3 aromatic carbocycles. The van der Waals surface area contributed by atoms with Gasteiger partial charge in [0, 0.05) is 40.9 Å². The molecule has 158 valence electrons. The Hall–Kier alpha value is -3.97. The second kappa shape index (κ2) is 7.62. The van der Waals surface area contributed by atoms with Crippen molar-refractivity contribution in [3.63, 3.8) is 0 Å². The number of aromatic amines is 1. The van der Waals surface area contributed by atoms with Crippen molar-refractivity contribution in [1.29, 1.82) is 0 Å². The first-order valence-electron chi connectivity index (χ1n) is 10.7. The minimum Gasteiger partial charge on any atom is -0.378 e. The smallest absolute Gasteiger partial charge is 0.255 e. The van der Waals surface area contributed by atoms with Gasteiger partial charge in [0.1, 0.15) is 5.52 Å². The van der Waals surface area contributed by atoms with Crippen LogP contribution in [-0.4, -0.2) is 47.2 Å². The van der Waals surface area contributed by atoms with E-state index in [4.69, 9.17) is 9.72 Å². The number of nitrogens with zero attached hydrogens (tertiary/aromatic N) is 3. The molecule has 0 saturated carbocycles. The number of para-hydroxylation sites is 2. The van der Waals surface area contributed by atoms with Gasteiger partial charge in [-0.05, 0) is 54.6 Å². The van der Waals surface area contributed by atoms with Crippen molar-refractivity contribution in [2.45, 2.75) is 0 Å². The molecule has 1 saturated heterocycles. The van der Waals surface area contributed by atoms with E-state index in [1.165, 1.54) is 0 Å². The van der Waals surface area contributed by atoms with Crippen LogP contribution < -0.4 is 10.2 Å². The molecule has 0 atom stereocenters. The Balaban J connectivity index is 1.28. The molecule has 1 amide bonds. The monoisotopic (exact) mass is 423 g/mol. The molecule has 32 heavy (non-hydrogen) atoms. The number of carbonyl (C=O) groups excluding carboxylic acids is 1. The average Bonchev–Trinajstić information content (AvgIpc) is 3.20. The number of morpholine rings is 1. The molecule has 2 aromatic heterocycles. The lowest BCUT2D eigenvalue weighted by Gasteiger charge is -2.28. The van der Waals surface area contributed by atoms with Crippen molar-refractivity contribution in [1.82, 2.24) is 15.0 Å². The summed E-state index contributed by atoms with van der Waals surface area (Å²) in [7, 11) is 0. The highest BCUT2D eigenvalue weighted by Crippen LogP contribution is 2.26. The second-order valence-electron chi connectivity index (χ2n) is 7.90. The number of rotatable bonds is 3. The molecular weight excluding hydrogens is 402 g/mol. The van der Waals surface area contributed by atoms with Gasteiger partial charge in [0.05, 0.1) is 24.2 Å². The predicted octanol–water partition coefficient (Wildman–Crippen LogP) is 4.35. The maximum Gasteiger partial charge on any atom is 0.255 e. The number of anilines is 2. The third-order valence-electron chi connectivity index (χ3n) is 5.86. The minimum absolute atomic E-state index is 0.158. The molecule has 3 heterocycles. The molecule has 7 heteroatoms.